The van der Waals surface area contributed by atoms with Crippen LogP contribution in [0.15, 0.2) is 60.8 Å². The topological polar surface area (TPSA) is 39.1 Å². The Balaban J connectivity index is 1.45. The maximum atomic E-state index is 5.23. The number of ether oxygens (including phenoxy) is 1. The molecule has 4 heteroatoms. The fraction of sp³-hybridized carbons (Fsp3) is 0.318. The molecule has 1 aromatic heterocycles. The lowest BCUT2D eigenvalue weighted by atomic mass is 9.92. The quantitative estimate of drug-likeness (QED) is 0.729. The molecule has 1 unspecified atom stereocenters. The van der Waals surface area contributed by atoms with Crippen LogP contribution in [0.4, 0.5) is 0 Å². The Morgan fingerprint density at radius 1 is 1.08 bits per heavy atom. The average molecular weight is 347 g/mol. The van der Waals surface area contributed by atoms with Crippen LogP contribution < -0.4 is 10.1 Å². The van der Waals surface area contributed by atoms with Gasteiger partial charge in [0.1, 0.15) is 5.75 Å². The lowest BCUT2D eigenvalue weighted by molar-refractivity contribution is 0.414. The molecule has 0 radical (unpaired) electrons. The summed E-state index contributed by atoms with van der Waals surface area (Å²) in [4.78, 5) is 0. The van der Waals surface area contributed by atoms with Crippen LogP contribution in [-0.2, 0) is 19.5 Å². The van der Waals surface area contributed by atoms with Crippen LogP contribution in [-0.4, -0.2) is 16.9 Å². The van der Waals surface area contributed by atoms with Crippen molar-refractivity contribution in [1.29, 1.82) is 0 Å². The van der Waals surface area contributed by atoms with E-state index in [1.807, 2.05) is 12.1 Å². The maximum Gasteiger partial charge on any atom is 0.118 e. The van der Waals surface area contributed by atoms with Gasteiger partial charge in [-0.05, 0) is 42.5 Å². The number of hydrogen-bond acceptors (Lipinski definition) is 3. The molecular formula is C22H25N3O. The van der Waals surface area contributed by atoms with Gasteiger partial charge in [-0.2, -0.15) is 5.10 Å². The molecule has 0 aliphatic heterocycles. The third kappa shape index (κ3) is 3.65. The van der Waals surface area contributed by atoms with E-state index >= 15 is 0 Å². The number of hydrogen-bond donors (Lipinski definition) is 1. The van der Waals surface area contributed by atoms with E-state index in [4.69, 9.17) is 4.74 Å². The highest BCUT2D eigenvalue weighted by molar-refractivity contribution is 5.29. The summed E-state index contributed by atoms with van der Waals surface area (Å²) in [6, 6.07) is 19.2. The van der Waals surface area contributed by atoms with Gasteiger partial charge in [-0.15, -0.1) is 0 Å². The first kappa shape index (κ1) is 16.9. The minimum atomic E-state index is 0.380. The standard InChI is InChI=1S/C22H25N3O/c1-26-19-12-10-17(11-13-19)14-23-21-8-5-9-22-20(21)15-24-25(22)16-18-6-3-2-4-7-18/h2-4,6-7,10-13,15,21,23H,5,8-9,14,16H2,1H3. The van der Waals surface area contributed by atoms with Crippen LogP contribution >= 0.6 is 0 Å². The van der Waals surface area contributed by atoms with Crippen molar-refractivity contribution in [2.75, 3.05) is 7.11 Å². The van der Waals surface area contributed by atoms with Gasteiger partial charge in [0, 0.05) is 23.8 Å². The largest absolute Gasteiger partial charge is 0.497 e. The summed E-state index contributed by atoms with van der Waals surface area (Å²) in [6.07, 6.45) is 5.54. The first-order valence-electron chi connectivity index (χ1n) is 9.28. The van der Waals surface area contributed by atoms with Crippen molar-refractivity contribution in [3.63, 3.8) is 0 Å². The van der Waals surface area contributed by atoms with Crippen molar-refractivity contribution in [3.8, 4) is 5.75 Å². The van der Waals surface area contributed by atoms with Gasteiger partial charge in [-0.3, -0.25) is 4.68 Å². The molecule has 1 heterocycles. The Hall–Kier alpha value is -2.59. The molecule has 26 heavy (non-hydrogen) atoms. The molecule has 0 spiro atoms. The predicted octanol–water partition coefficient (Wildman–Crippen LogP) is 4.11. The lowest BCUT2D eigenvalue weighted by Crippen LogP contribution is -2.25. The fourth-order valence-corrected chi connectivity index (χ4v) is 3.71. The van der Waals surface area contributed by atoms with Gasteiger partial charge in [0.15, 0.2) is 0 Å². The van der Waals surface area contributed by atoms with Crippen molar-refractivity contribution in [2.45, 2.75) is 38.4 Å². The van der Waals surface area contributed by atoms with Gasteiger partial charge in [-0.25, -0.2) is 0 Å². The first-order valence-corrected chi connectivity index (χ1v) is 9.28. The second kappa shape index (κ2) is 7.75. The van der Waals surface area contributed by atoms with Crippen molar-refractivity contribution in [2.24, 2.45) is 0 Å². The molecular weight excluding hydrogens is 322 g/mol. The molecule has 1 aliphatic carbocycles. The van der Waals surface area contributed by atoms with Crippen LogP contribution in [0.25, 0.3) is 0 Å². The van der Waals surface area contributed by atoms with Gasteiger partial charge >= 0.3 is 0 Å². The number of benzene rings is 2. The zero-order valence-corrected chi connectivity index (χ0v) is 15.2. The molecule has 4 rings (SSSR count). The first-order chi connectivity index (χ1) is 12.8. The zero-order valence-electron chi connectivity index (χ0n) is 15.2. The normalized spacial score (nSPS) is 16.3. The molecule has 0 bridgehead atoms. The van der Waals surface area contributed by atoms with E-state index in [0.29, 0.717) is 6.04 Å². The SMILES string of the molecule is COc1ccc(CNC2CCCc3c2cnn3Cc2ccccc2)cc1. The molecule has 0 amide bonds. The number of rotatable bonds is 6. The summed E-state index contributed by atoms with van der Waals surface area (Å²) in [6.45, 7) is 1.71. The number of nitrogens with zero attached hydrogens (tertiary/aromatic N) is 2. The van der Waals surface area contributed by atoms with Crippen LogP contribution in [0.3, 0.4) is 0 Å². The molecule has 134 valence electrons. The Morgan fingerprint density at radius 2 is 1.88 bits per heavy atom. The van der Waals surface area contributed by atoms with E-state index in [0.717, 1.165) is 25.3 Å². The number of aromatic nitrogens is 2. The maximum absolute atomic E-state index is 5.23. The van der Waals surface area contributed by atoms with E-state index in [2.05, 4.69) is 63.8 Å². The highest BCUT2D eigenvalue weighted by Gasteiger charge is 2.23. The second-order valence-corrected chi connectivity index (χ2v) is 6.86. The van der Waals surface area contributed by atoms with E-state index in [-0.39, 0.29) is 0 Å². The molecule has 1 N–H and O–H groups in total. The Morgan fingerprint density at radius 3 is 2.65 bits per heavy atom. The highest BCUT2D eigenvalue weighted by Crippen LogP contribution is 2.30. The van der Waals surface area contributed by atoms with Crippen molar-refractivity contribution >= 4 is 0 Å². The molecule has 3 aromatic rings. The summed E-state index contributed by atoms with van der Waals surface area (Å²) in [7, 11) is 1.70. The van der Waals surface area contributed by atoms with E-state index < -0.39 is 0 Å². The fourth-order valence-electron chi connectivity index (χ4n) is 3.71. The molecule has 1 aliphatic rings. The van der Waals surface area contributed by atoms with Crippen LogP contribution in [0.1, 0.15) is 41.3 Å². The third-order valence-electron chi connectivity index (χ3n) is 5.15. The minimum absolute atomic E-state index is 0.380. The van der Waals surface area contributed by atoms with Gasteiger partial charge in [0.25, 0.3) is 0 Å². The highest BCUT2D eigenvalue weighted by atomic mass is 16.5. The lowest BCUT2D eigenvalue weighted by Gasteiger charge is -2.24. The monoisotopic (exact) mass is 347 g/mol. The summed E-state index contributed by atoms with van der Waals surface area (Å²) < 4.78 is 7.40. The zero-order chi connectivity index (χ0) is 17.8. The average Bonchev–Trinajstić information content (AvgIpc) is 3.11. The summed E-state index contributed by atoms with van der Waals surface area (Å²) in [5, 5.41) is 8.40. The van der Waals surface area contributed by atoms with Gasteiger partial charge in [0.2, 0.25) is 0 Å². The molecule has 0 saturated carbocycles. The number of methoxy groups -OCH3 is 1. The Kier molecular flexibility index (Phi) is 5.02. The summed E-state index contributed by atoms with van der Waals surface area (Å²) >= 11 is 0. The van der Waals surface area contributed by atoms with E-state index in [1.165, 1.54) is 35.2 Å². The molecule has 2 aromatic carbocycles. The molecule has 4 nitrogen and oxygen atoms in total. The second-order valence-electron chi connectivity index (χ2n) is 6.86. The van der Waals surface area contributed by atoms with Crippen LogP contribution in [0.2, 0.25) is 0 Å². The van der Waals surface area contributed by atoms with Gasteiger partial charge < -0.3 is 10.1 Å². The smallest absolute Gasteiger partial charge is 0.118 e. The summed E-state index contributed by atoms with van der Waals surface area (Å²) in [5.74, 6) is 0.899. The molecule has 0 fully saturated rings. The van der Waals surface area contributed by atoms with Crippen molar-refractivity contribution in [1.82, 2.24) is 15.1 Å². The number of fused-ring (bicyclic) bond motifs is 1. The Labute approximate surface area is 154 Å². The Bertz CT molecular complexity index is 840. The van der Waals surface area contributed by atoms with Gasteiger partial charge in [-0.1, -0.05) is 42.5 Å². The van der Waals surface area contributed by atoms with Crippen molar-refractivity contribution < 1.29 is 4.74 Å². The van der Waals surface area contributed by atoms with Gasteiger partial charge in [0.05, 0.1) is 19.9 Å². The van der Waals surface area contributed by atoms with E-state index in [9.17, 15) is 0 Å². The van der Waals surface area contributed by atoms with Crippen LogP contribution in [0, 0.1) is 0 Å². The van der Waals surface area contributed by atoms with Crippen LogP contribution in [0.5, 0.6) is 5.75 Å². The number of nitrogens with one attached hydrogen (secondary N) is 1. The van der Waals surface area contributed by atoms with E-state index in [1.54, 1.807) is 7.11 Å². The van der Waals surface area contributed by atoms with Crippen molar-refractivity contribution in [3.05, 3.63) is 83.2 Å². The summed E-state index contributed by atoms with van der Waals surface area (Å²) in [5.41, 5.74) is 5.31. The predicted molar refractivity (Wildman–Crippen MR) is 103 cm³/mol. The third-order valence-corrected chi connectivity index (χ3v) is 5.15. The molecule has 0 saturated heterocycles. The molecule has 1 atom stereocenters. The minimum Gasteiger partial charge on any atom is -0.497 e.